The first-order valence-corrected chi connectivity index (χ1v) is 5.24. The molecule has 0 aromatic heterocycles. The lowest BCUT2D eigenvalue weighted by Gasteiger charge is -2.10. The molecule has 66 valence electrons. The fraction of sp³-hybridized carbons (Fsp3) is 0.400. The van der Waals surface area contributed by atoms with Crippen LogP contribution in [-0.2, 0) is 0 Å². The Hall–Kier alpha value is -0.630. The van der Waals surface area contributed by atoms with Gasteiger partial charge in [-0.05, 0) is 35.9 Å². The molecule has 1 aromatic carbocycles. The second kappa shape index (κ2) is 3.85. The Balaban J connectivity index is 3.12. The van der Waals surface area contributed by atoms with Gasteiger partial charge in [0.15, 0.2) is 0 Å². The average molecular weight is 182 g/mol. The lowest BCUT2D eigenvalue weighted by molar-refractivity contribution is 0.473. The van der Waals surface area contributed by atoms with Crippen LogP contribution in [0.2, 0.25) is 0 Å². The van der Waals surface area contributed by atoms with E-state index in [2.05, 4.69) is 20.1 Å². The van der Waals surface area contributed by atoms with Crippen LogP contribution >= 0.6 is 11.8 Å². The SMILES string of the molecule is CSc1ccc(O)cc1C(C)C. The van der Waals surface area contributed by atoms with Crippen molar-refractivity contribution in [1.82, 2.24) is 0 Å². The average Bonchev–Trinajstić information content (AvgIpc) is 2.04. The number of benzene rings is 1. The molecule has 0 saturated heterocycles. The van der Waals surface area contributed by atoms with Crippen LogP contribution in [0.3, 0.4) is 0 Å². The van der Waals surface area contributed by atoms with Gasteiger partial charge in [-0.2, -0.15) is 0 Å². The third-order valence-corrected chi connectivity index (χ3v) is 2.65. The number of thioether (sulfide) groups is 1. The molecule has 0 atom stereocenters. The van der Waals surface area contributed by atoms with Gasteiger partial charge in [0.2, 0.25) is 0 Å². The van der Waals surface area contributed by atoms with Gasteiger partial charge in [0.25, 0.3) is 0 Å². The molecule has 0 saturated carbocycles. The third-order valence-electron chi connectivity index (χ3n) is 1.84. The minimum absolute atomic E-state index is 0.358. The van der Waals surface area contributed by atoms with Crippen molar-refractivity contribution in [3.63, 3.8) is 0 Å². The molecular formula is C10H14OS. The van der Waals surface area contributed by atoms with E-state index in [1.807, 2.05) is 12.1 Å². The largest absolute Gasteiger partial charge is 0.508 e. The normalized spacial score (nSPS) is 10.7. The topological polar surface area (TPSA) is 20.2 Å². The molecule has 0 fully saturated rings. The molecule has 0 heterocycles. The van der Waals surface area contributed by atoms with Gasteiger partial charge in [-0.15, -0.1) is 11.8 Å². The number of hydrogen-bond donors (Lipinski definition) is 1. The van der Waals surface area contributed by atoms with Crippen LogP contribution in [0.15, 0.2) is 23.1 Å². The van der Waals surface area contributed by atoms with Crippen LogP contribution < -0.4 is 0 Å². The van der Waals surface area contributed by atoms with Crippen LogP contribution in [0.4, 0.5) is 0 Å². The van der Waals surface area contributed by atoms with Gasteiger partial charge in [-0.3, -0.25) is 0 Å². The first kappa shape index (κ1) is 9.46. The quantitative estimate of drug-likeness (QED) is 0.708. The number of rotatable bonds is 2. The summed E-state index contributed by atoms with van der Waals surface area (Å²) in [4.78, 5) is 1.25. The van der Waals surface area contributed by atoms with Crippen LogP contribution in [-0.4, -0.2) is 11.4 Å². The smallest absolute Gasteiger partial charge is 0.115 e. The molecule has 12 heavy (non-hydrogen) atoms. The Bertz CT molecular complexity index is 269. The molecule has 0 unspecified atom stereocenters. The summed E-state index contributed by atoms with van der Waals surface area (Å²) in [5.74, 6) is 0.830. The Morgan fingerprint density at radius 3 is 2.50 bits per heavy atom. The van der Waals surface area contributed by atoms with E-state index in [1.165, 1.54) is 10.5 Å². The molecule has 0 radical (unpaired) electrons. The number of aromatic hydroxyl groups is 1. The molecule has 1 N–H and O–H groups in total. The predicted molar refractivity (Wildman–Crippen MR) is 54.0 cm³/mol. The Kier molecular flexibility index (Phi) is 3.04. The molecule has 1 nitrogen and oxygen atoms in total. The van der Waals surface area contributed by atoms with Crippen molar-refractivity contribution in [3.8, 4) is 5.75 Å². The van der Waals surface area contributed by atoms with Gasteiger partial charge in [-0.25, -0.2) is 0 Å². The molecular weight excluding hydrogens is 168 g/mol. The zero-order chi connectivity index (χ0) is 9.14. The van der Waals surface area contributed by atoms with Crippen molar-refractivity contribution < 1.29 is 5.11 Å². The van der Waals surface area contributed by atoms with Gasteiger partial charge in [-0.1, -0.05) is 13.8 Å². The monoisotopic (exact) mass is 182 g/mol. The standard InChI is InChI=1S/C10H14OS/c1-7(2)9-6-8(11)4-5-10(9)12-3/h4-7,11H,1-3H3. The van der Waals surface area contributed by atoms with Crippen molar-refractivity contribution in [1.29, 1.82) is 0 Å². The van der Waals surface area contributed by atoms with Crippen molar-refractivity contribution in [3.05, 3.63) is 23.8 Å². The molecule has 0 amide bonds. The third kappa shape index (κ3) is 1.95. The Labute approximate surface area is 77.8 Å². The molecule has 0 aliphatic carbocycles. The van der Waals surface area contributed by atoms with Crippen molar-refractivity contribution in [2.75, 3.05) is 6.26 Å². The van der Waals surface area contributed by atoms with Gasteiger partial charge in [0.1, 0.15) is 5.75 Å². The highest BCUT2D eigenvalue weighted by Crippen LogP contribution is 2.29. The summed E-state index contributed by atoms with van der Waals surface area (Å²) in [6.07, 6.45) is 2.05. The van der Waals surface area contributed by atoms with Crippen LogP contribution in [0, 0.1) is 0 Å². The van der Waals surface area contributed by atoms with E-state index < -0.39 is 0 Å². The fourth-order valence-electron chi connectivity index (χ4n) is 1.17. The van der Waals surface area contributed by atoms with Gasteiger partial charge in [0, 0.05) is 4.90 Å². The number of phenols is 1. The van der Waals surface area contributed by atoms with E-state index in [0.717, 1.165) is 0 Å². The second-order valence-electron chi connectivity index (χ2n) is 3.08. The minimum Gasteiger partial charge on any atom is -0.508 e. The zero-order valence-corrected chi connectivity index (χ0v) is 8.48. The summed E-state index contributed by atoms with van der Waals surface area (Å²) in [6.45, 7) is 4.27. The van der Waals surface area contributed by atoms with Crippen molar-refractivity contribution in [2.24, 2.45) is 0 Å². The van der Waals surface area contributed by atoms with E-state index in [-0.39, 0.29) is 0 Å². The molecule has 2 heteroatoms. The minimum atomic E-state index is 0.358. The van der Waals surface area contributed by atoms with E-state index in [1.54, 1.807) is 17.8 Å². The summed E-state index contributed by atoms with van der Waals surface area (Å²) in [6, 6.07) is 5.55. The fourth-order valence-corrected chi connectivity index (χ4v) is 1.91. The molecule has 1 aromatic rings. The summed E-state index contributed by atoms with van der Waals surface area (Å²) < 4.78 is 0. The van der Waals surface area contributed by atoms with Crippen molar-refractivity contribution >= 4 is 11.8 Å². The van der Waals surface area contributed by atoms with E-state index in [9.17, 15) is 5.11 Å². The first-order valence-electron chi connectivity index (χ1n) is 4.02. The van der Waals surface area contributed by atoms with E-state index in [0.29, 0.717) is 11.7 Å². The molecule has 1 rings (SSSR count). The van der Waals surface area contributed by atoms with Gasteiger partial charge < -0.3 is 5.11 Å². The summed E-state index contributed by atoms with van der Waals surface area (Å²) in [5.41, 5.74) is 1.22. The molecule has 0 bridgehead atoms. The van der Waals surface area contributed by atoms with Gasteiger partial charge >= 0.3 is 0 Å². The lowest BCUT2D eigenvalue weighted by atomic mass is 10.0. The maximum atomic E-state index is 9.27. The summed E-state index contributed by atoms with van der Waals surface area (Å²) in [5, 5.41) is 9.27. The van der Waals surface area contributed by atoms with Crippen LogP contribution in [0.1, 0.15) is 25.3 Å². The second-order valence-corrected chi connectivity index (χ2v) is 3.93. The highest BCUT2D eigenvalue weighted by molar-refractivity contribution is 7.98. The molecule has 0 aliphatic heterocycles. The maximum Gasteiger partial charge on any atom is 0.115 e. The Morgan fingerprint density at radius 2 is 2.00 bits per heavy atom. The number of phenolic OH excluding ortho intramolecular Hbond substituents is 1. The number of hydrogen-bond acceptors (Lipinski definition) is 2. The predicted octanol–water partition coefficient (Wildman–Crippen LogP) is 3.24. The van der Waals surface area contributed by atoms with Gasteiger partial charge in [0.05, 0.1) is 0 Å². The lowest BCUT2D eigenvalue weighted by Crippen LogP contribution is -1.89. The maximum absolute atomic E-state index is 9.27. The van der Waals surface area contributed by atoms with Crippen molar-refractivity contribution in [2.45, 2.75) is 24.7 Å². The Morgan fingerprint density at radius 1 is 1.33 bits per heavy atom. The highest BCUT2D eigenvalue weighted by Gasteiger charge is 2.05. The summed E-state index contributed by atoms with van der Waals surface area (Å²) >= 11 is 1.72. The molecule has 0 spiro atoms. The van der Waals surface area contributed by atoms with E-state index in [4.69, 9.17) is 0 Å². The van der Waals surface area contributed by atoms with Crippen LogP contribution in [0.25, 0.3) is 0 Å². The highest BCUT2D eigenvalue weighted by atomic mass is 32.2. The van der Waals surface area contributed by atoms with E-state index >= 15 is 0 Å². The van der Waals surface area contributed by atoms with Crippen LogP contribution in [0.5, 0.6) is 5.75 Å². The molecule has 0 aliphatic rings. The summed E-state index contributed by atoms with van der Waals surface area (Å²) in [7, 11) is 0. The zero-order valence-electron chi connectivity index (χ0n) is 7.66. The first-order chi connectivity index (χ1) is 5.65.